The number of aromatic nitrogens is 1. The summed E-state index contributed by atoms with van der Waals surface area (Å²) >= 11 is 5.97. The number of benzene rings is 1. The molecule has 0 aliphatic rings. The van der Waals surface area contributed by atoms with Crippen LogP contribution in [0.3, 0.4) is 0 Å². The Morgan fingerprint density at radius 1 is 1.39 bits per heavy atom. The Bertz CT molecular complexity index is 590. The highest BCUT2D eigenvalue weighted by Gasteiger charge is 2.16. The van der Waals surface area contributed by atoms with Gasteiger partial charge in [0.05, 0.1) is 0 Å². The third kappa shape index (κ3) is 2.38. The van der Waals surface area contributed by atoms with Crippen LogP contribution in [0.25, 0.3) is 11.3 Å². The predicted octanol–water partition coefficient (Wildman–Crippen LogP) is 3.82. The SMILES string of the molecule is CC(C)c1ccc(Cl)cc1-c1cc(C(=O)O)on1. The van der Waals surface area contributed by atoms with E-state index in [-0.39, 0.29) is 11.7 Å². The van der Waals surface area contributed by atoms with E-state index in [1.165, 1.54) is 6.07 Å². The van der Waals surface area contributed by atoms with Crippen molar-refractivity contribution in [3.8, 4) is 11.3 Å². The van der Waals surface area contributed by atoms with Crippen LogP contribution in [-0.2, 0) is 0 Å². The molecular formula is C13H12ClNO3. The smallest absolute Gasteiger partial charge is 0.374 e. The second kappa shape index (κ2) is 4.82. The normalized spacial score (nSPS) is 10.9. The van der Waals surface area contributed by atoms with Crippen molar-refractivity contribution >= 4 is 17.6 Å². The summed E-state index contributed by atoms with van der Waals surface area (Å²) in [5.74, 6) is -1.04. The number of carboxylic acid groups (broad SMARTS) is 1. The topological polar surface area (TPSA) is 63.3 Å². The molecule has 1 N–H and O–H groups in total. The van der Waals surface area contributed by atoms with Crippen LogP contribution in [0.1, 0.15) is 35.9 Å². The van der Waals surface area contributed by atoms with Crippen LogP contribution in [0.4, 0.5) is 0 Å². The molecule has 1 aromatic heterocycles. The first-order valence-corrected chi connectivity index (χ1v) is 5.86. The molecule has 18 heavy (non-hydrogen) atoms. The lowest BCUT2D eigenvalue weighted by Crippen LogP contribution is -1.93. The van der Waals surface area contributed by atoms with E-state index in [0.717, 1.165) is 11.1 Å². The van der Waals surface area contributed by atoms with Gasteiger partial charge in [0.25, 0.3) is 0 Å². The summed E-state index contributed by atoms with van der Waals surface area (Å²) < 4.78 is 4.76. The lowest BCUT2D eigenvalue weighted by molar-refractivity contribution is 0.0652. The van der Waals surface area contributed by atoms with Gasteiger partial charge in [0, 0.05) is 16.7 Å². The van der Waals surface area contributed by atoms with Crippen LogP contribution in [0, 0.1) is 0 Å². The van der Waals surface area contributed by atoms with Gasteiger partial charge < -0.3 is 9.63 Å². The highest BCUT2D eigenvalue weighted by molar-refractivity contribution is 6.30. The van der Waals surface area contributed by atoms with Crippen molar-refractivity contribution in [1.82, 2.24) is 5.16 Å². The van der Waals surface area contributed by atoms with Crippen molar-refractivity contribution in [1.29, 1.82) is 0 Å². The van der Waals surface area contributed by atoms with Crippen molar-refractivity contribution < 1.29 is 14.4 Å². The molecule has 0 bridgehead atoms. The van der Waals surface area contributed by atoms with Gasteiger partial charge in [-0.25, -0.2) is 4.79 Å². The maximum atomic E-state index is 10.8. The Morgan fingerprint density at radius 3 is 2.67 bits per heavy atom. The number of hydrogen-bond donors (Lipinski definition) is 1. The average Bonchev–Trinajstić information content (AvgIpc) is 2.77. The monoisotopic (exact) mass is 265 g/mol. The minimum absolute atomic E-state index is 0.181. The average molecular weight is 266 g/mol. The van der Waals surface area contributed by atoms with E-state index >= 15 is 0 Å². The fraction of sp³-hybridized carbons (Fsp3) is 0.231. The van der Waals surface area contributed by atoms with Gasteiger partial charge in [-0.2, -0.15) is 0 Å². The number of rotatable bonds is 3. The zero-order chi connectivity index (χ0) is 13.3. The van der Waals surface area contributed by atoms with Gasteiger partial charge in [-0.3, -0.25) is 0 Å². The number of nitrogens with zero attached hydrogens (tertiary/aromatic N) is 1. The number of hydrogen-bond acceptors (Lipinski definition) is 3. The summed E-state index contributed by atoms with van der Waals surface area (Å²) in [5, 5.41) is 13.2. The predicted molar refractivity (Wildman–Crippen MR) is 68.0 cm³/mol. The highest BCUT2D eigenvalue weighted by atomic mass is 35.5. The Kier molecular flexibility index (Phi) is 3.39. The largest absolute Gasteiger partial charge is 0.475 e. The minimum atomic E-state index is -1.14. The van der Waals surface area contributed by atoms with Gasteiger partial charge in [-0.15, -0.1) is 0 Å². The molecule has 2 rings (SSSR count). The number of aromatic carboxylic acids is 1. The Hall–Kier alpha value is -1.81. The van der Waals surface area contributed by atoms with Gasteiger partial charge in [0.1, 0.15) is 5.69 Å². The van der Waals surface area contributed by atoms with Crippen molar-refractivity contribution in [2.24, 2.45) is 0 Å². The van der Waals surface area contributed by atoms with Gasteiger partial charge in [-0.1, -0.05) is 36.7 Å². The van der Waals surface area contributed by atoms with E-state index in [2.05, 4.69) is 5.16 Å². The number of carbonyl (C=O) groups is 1. The molecule has 1 heterocycles. The second-order valence-electron chi connectivity index (χ2n) is 4.27. The molecule has 0 amide bonds. The summed E-state index contributed by atoms with van der Waals surface area (Å²) in [4.78, 5) is 10.8. The molecule has 0 saturated carbocycles. The summed E-state index contributed by atoms with van der Waals surface area (Å²) in [7, 11) is 0. The van der Waals surface area contributed by atoms with Gasteiger partial charge >= 0.3 is 5.97 Å². The van der Waals surface area contributed by atoms with E-state index in [1.807, 2.05) is 19.9 Å². The van der Waals surface area contributed by atoms with Crippen LogP contribution >= 0.6 is 11.6 Å². The molecule has 5 heteroatoms. The first kappa shape index (κ1) is 12.6. The Morgan fingerprint density at radius 2 is 2.11 bits per heavy atom. The summed E-state index contributed by atoms with van der Waals surface area (Å²) in [6.45, 7) is 4.09. The maximum Gasteiger partial charge on any atom is 0.374 e. The van der Waals surface area contributed by atoms with E-state index in [1.54, 1.807) is 12.1 Å². The summed E-state index contributed by atoms with van der Waals surface area (Å²) in [5.41, 5.74) is 2.33. The molecular weight excluding hydrogens is 254 g/mol. The lowest BCUT2D eigenvalue weighted by Gasteiger charge is -2.10. The zero-order valence-corrected chi connectivity index (χ0v) is 10.7. The molecule has 0 aliphatic heterocycles. The fourth-order valence-electron chi connectivity index (χ4n) is 1.76. The quantitative estimate of drug-likeness (QED) is 0.916. The number of halogens is 1. The second-order valence-corrected chi connectivity index (χ2v) is 4.70. The molecule has 0 atom stereocenters. The van der Waals surface area contributed by atoms with Gasteiger partial charge in [0.15, 0.2) is 0 Å². The lowest BCUT2D eigenvalue weighted by atomic mass is 9.95. The molecule has 4 nitrogen and oxygen atoms in total. The highest BCUT2D eigenvalue weighted by Crippen LogP contribution is 2.31. The van der Waals surface area contributed by atoms with E-state index in [0.29, 0.717) is 10.7 Å². The summed E-state index contributed by atoms with van der Waals surface area (Å²) in [6.07, 6.45) is 0. The molecule has 0 saturated heterocycles. The van der Waals surface area contributed by atoms with Crippen molar-refractivity contribution in [2.75, 3.05) is 0 Å². The molecule has 0 spiro atoms. The van der Waals surface area contributed by atoms with Crippen molar-refractivity contribution in [3.63, 3.8) is 0 Å². The van der Waals surface area contributed by atoms with Crippen LogP contribution in [-0.4, -0.2) is 16.2 Å². The minimum Gasteiger partial charge on any atom is -0.475 e. The van der Waals surface area contributed by atoms with Gasteiger partial charge in [-0.05, 0) is 23.6 Å². The first-order chi connectivity index (χ1) is 8.49. The molecule has 0 fully saturated rings. The summed E-state index contributed by atoms with van der Waals surface area (Å²) in [6, 6.07) is 6.89. The Balaban J connectivity index is 2.54. The van der Waals surface area contributed by atoms with Crippen LogP contribution in [0.15, 0.2) is 28.8 Å². The van der Waals surface area contributed by atoms with E-state index in [9.17, 15) is 4.79 Å². The molecule has 0 radical (unpaired) electrons. The standard InChI is InChI=1S/C13H12ClNO3/c1-7(2)9-4-3-8(14)5-10(9)11-6-12(13(16)17)18-15-11/h3-7H,1-2H3,(H,16,17). The Labute approximate surface area is 109 Å². The number of carboxylic acids is 1. The maximum absolute atomic E-state index is 10.8. The fourth-order valence-corrected chi connectivity index (χ4v) is 1.93. The van der Waals surface area contributed by atoms with E-state index in [4.69, 9.17) is 21.2 Å². The van der Waals surface area contributed by atoms with Crippen LogP contribution < -0.4 is 0 Å². The van der Waals surface area contributed by atoms with Crippen molar-refractivity contribution in [3.05, 3.63) is 40.6 Å². The van der Waals surface area contributed by atoms with Gasteiger partial charge in [0.2, 0.25) is 5.76 Å². The van der Waals surface area contributed by atoms with Crippen LogP contribution in [0.2, 0.25) is 5.02 Å². The van der Waals surface area contributed by atoms with Crippen molar-refractivity contribution in [2.45, 2.75) is 19.8 Å². The molecule has 0 unspecified atom stereocenters. The molecule has 2 aromatic rings. The molecule has 1 aromatic carbocycles. The zero-order valence-electron chi connectivity index (χ0n) is 9.98. The molecule has 94 valence electrons. The third-order valence-corrected chi connectivity index (χ3v) is 2.87. The van der Waals surface area contributed by atoms with Crippen LogP contribution in [0.5, 0.6) is 0 Å². The molecule has 0 aliphatic carbocycles. The van der Waals surface area contributed by atoms with E-state index < -0.39 is 5.97 Å². The first-order valence-electron chi connectivity index (χ1n) is 5.49. The third-order valence-electron chi connectivity index (χ3n) is 2.63.